The van der Waals surface area contributed by atoms with Crippen molar-refractivity contribution in [1.29, 1.82) is 0 Å². The Hall–Kier alpha value is -2.37. The number of rotatable bonds is 30. The molecule has 248 valence electrons. The molecule has 0 amide bonds. The SMILES string of the molecule is CCC/C=C\CCC(=O)OCC(COC(=O)CC/C=C\CCCCCCCC)OC(=O)CC/C=C\CCCCCCCC. The average molecular weight is 605 g/mol. The molecule has 6 heteroatoms. The van der Waals surface area contributed by atoms with E-state index in [1.807, 2.05) is 18.2 Å². The summed E-state index contributed by atoms with van der Waals surface area (Å²) in [6.45, 7) is 6.31. The minimum absolute atomic E-state index is 0.121. The van der Waals surface area contributed by atoms with Gasteiger partial charge in [0.25, 0.3) is 0 Å². The van der Waals surface area contributed by atoms with Crippen LogP contribution < -0.4 is 0 Å². The maximum Gasteiger partial charge on any atom is 0.306 e. The summed E-state index contributed by atoms with van der Waals surface area (Å²) < 4.78 is 16.3. The fraction of sp³-hybridized carbons (Fsp3) is 0.757. The minimum Gasteiger partial charge on any atom is -0.462 e. The predicted octanol–water partition coefficient (Wildman–Crippen LogP) is 10.3. The molecule has 0 aliphatic rings. The van der Waals surface area contributed by atoms with Crippen LogP contribution in [0.15, 0.2) is 36.5 Å². The lowest BCUT2D eigenvalue weighted by molar-refractivity contribution is -0.166. The first kappa shape index (κ1) is 40.6. The van der Waals surface area contributed by atoms with Crippen LogP contribution >= 0.6 is 0 Å². The second kappa shape index (κ2) is 32.5. The van der Waals surface area contributed by atoms with Gasteiger partial charge in [-0.3, -0.25) is 14.4 Å². The molecule has 0 N–H and O–H groups in total. The van der Waals surface area contributed by atoms with Gasteiger partial charge in [-0.15, -0.1) is 0 Å². The summed E-state index contributed by atoms with van der Waals surface area (Å²) in [4.78, 5) is 36.9. The molecule has 0 aromatic carbocycles. The maximum absolute atomic E-state index is 12.5. The number of carbonyl (C=O) groups excluding carboxylic acids is 3. The quantitative estimate of drug-likeness (QED) is 0.0351. The maximum atomic E-state index is 12.5. The molecule has 0 aromatic heterocycles. The van der Waals surface area contributed by atoms with Crippen molar-refractivity contribution in [3.63, 3.8) is 0 Å². The Morgan fingerprint density at radius 1 is 0.442 bits per heavy atom. The van der Waals surface area contributed by atoms with E-state index in [0.29, 0.717) is 19.3 Å². The third-order valence-electron chi connectivity index (χ3n) is 7.11. The third kappa shape index (κ3) is 30.9. The van der Waals surface area contributed by atoms with Crippen LogP contribution in [0, 0.1) is 0 Å². The van der Waals surface area contributed by atoms with Crippen molar-refractivity contribution in [3.8, 4) is 0 Å². The van der Waals surface area contributed by atoms with Crippen molar-refractivity contribution in [2.24, 2.45) is 0 Å². The first-order valence-corrected chi connectivity index (χ1v) is 17.5. The summed E-state index contributed by atoms with van der Waals surface area (Å²) in [7, 11) is 0. The van der Waals surface area contributed by atoms with E-state index in [-0.39, 0.29) is 50.4 Å². The molecule has 0 saturated heterocycles. The molecule has 0 aliphatic heterocycles. The van der Waals surface area contributed by atoms with Gasteiger partial charge >= 0.3 is 17.9 Å². The molecule has 1 unspecified atom stereocenters. The Morgan fingerprint density at radius 2 is 0.814 bits per heavy atom. The lowest BCUT2D eigenvalue weighted by Crippen LogP contribution is -2.30. The van der Waals surface area contributed by atoms with Gasteiger partial charge in [-0.05, 0) is 51.4 Å². The molecule has 1 atom stereocenters. The van der Waals surface area contributed by atoms with Crippen LogP contribution in [0.5, 0.6) is 0 Å². The van der Waals surface area contributed by atoms with E-state index in [9.17, 15) is 14.4 Å². The first-order chi connectivity index (χ1) is 21.0. The molecule has 0 saturated carbocycles. The van der Waals surface area contributed by atoms with E-state index < -0.39 is 6.10 Å². The highest BCUT2D eigenvalue weighted by Gasteiger charge is 2.19. The van der Waals surface area contributed by atoms with Crippen LogP contribution in [-0.4, -0.2) is 37.2 Å². The summed E-state index contributed by atoms with van der Waals surface area (Å²) in [5.41, 5.74) is 0. The number of hydrogen-bond donors (Lipinski definition) is 0. The zero-order chi connectivity index (χ0) is 31.6. The van der Waals surface area contributed by atoms with Gasteiger partial charge in [0.05, 0.1) is 0 Å². The van der Waals surface area contributed by atoms with Crippen LogP contribution in [0.25, 0.3) is 0 Å². The number of esters is 3. The number of allylic oxidation sites excluding steroid dienone is 6. The number of carbonyl (C=O) groups is 3. The van der Waals surface area contributed by atoms with Crippen LogP contribution in [0.1, 0.15) is 162 Å². The van der Waals surface area contributed by atoms with Crippen LogP contribution in [0.2, 0.25) is 0 Å². The molecule has 0 aliphatic carbocycles. The molecule has 0 heterocycles. The Labute approximate surface area is 264 Å². The summed E-state index contributed by atoms with van der Waals surface area (Å²) in [5.74, 6) is -1.10. The molecule has 6 nitrogen and oxygen atoms in total. The zero-order valence-corrected chi connectivity index (χ0v) is 28.0. The Kier molecular flexibility index (Phi) is 30.7. The standard InChI is InChI=1S/C37H64O6/c1-4-7-10-13-15-17-19-21-24-27-30-36(39)42-33-34(32-41-35(38)29-26-23-12-9-6-3)43-37(40)31-28-25-22-20-18-16-14-11-8-5-2/h12,21-25,34H,4-11,13-20,26-33H2,1-3H3/b23-12-,24-21-,25-22-. The van der Waals surface area contributed by atoms with E-state index in [1.54, 1.807) is 0 Å². The largest absolute Gasteiger partial charge is 0.462 e. The Balaban J connectivity index is 4.46. The van der Waals surface area contributed by atoms with Gasteiger partial charge in [-0.1, -0.05) is 128 Å². The van der Waals surface area contributed by atoms with Crippen molar-refractivity contribution in [2.75, 3.05) is 13.2 Å². The summed E-state index contributed by atoms with van der Waals surface area (Å²) in [6.07, 6.45) is 33.4. The predicted molar refractivity (Wildman–Crippen MR) is 178 cm³/mol. The molecule has 0 radical (unpaired) electrons. The van der Waals surface area contributed by atoms with Gasteiger partial charge in [-0.25, -0.2) is 0 Å². The number of ether oxygens (including phenoxy) is 3. The fourth-order valence-corrected chi connectivity index (χ4v) is 4.44. The summed E-state index contributed by atoms with van der Waals surface area (Å²) in [5, 5.41) is 0. The van der Waals surface area contributed by atoms with E-state index >= 15 is 0 Å². The van der Waals surface area contributed by atoms with Crippen molar-refractivity contribution in [2.45, 2.75) is 168 Å². The topological polar surface area (TPSA) is 78.9 Å². The smallest absolute Gasteiger partial charge is 0.306 e. The molecule has 0 aromatic rings. The molecule has 0 spiro atoms. The van der Waals surface area contributed by atoms with E-state index in [1.165, 1.54) is 77.0 Å². The monoisotopic (exact) mass is 604 g/mol. The Morgan fingerprint density at radius 3 is 1.26 bits per heavy atom. The first-order valence-electron chi connectivity index (χ1n) is 17.5. The highest BCUT2D eigenvalue weighted by atomic mass is 16.6. The molecule has 0 rings (SSSR count). The third-order valence-corrected chi connectivity index (χ3v) is 7.11. The van der Waals surface area contributed by atoms with Gasteiger partial charge in [0.15, 0.2) is 6.10 Å². The van der Waals surface area contributed by atoms with Crippen molar-refractivity contribution >= 4 is 17.9 Å². The normalized spacial score (nSPS) is 12.3. The lowest BCUT2D eigenvalue weighted by atomic mass is 10.1. The van der Waals surface area contributed by atoms with Crippen molar-refractivity contribution in [1.82, 2.24) is 0 Å². The highest BCUT2D eigenvalue weighted by molar-refractivity contribution is 5.71. The zero-order valence-electron chi connectivity index (χ0n) is 28.0. The van der Waals surface area contributed by atoms with E-state index in [0.717, 1.165) is 25.7 Å². The van der Waals surface area contributed by atoms with Gasteiger partial charge < -0.3 is 14.2 Å². The summed E-state index contributed by atoms with van der Waals surface area (Å²) in [6, 6.07) is 0. The highest BCUT2D eigenvalue weighted by Crippen LogP contribution is 2.10. The van der Waals surface area contributed by atoms with Crippen LogP contribution in [0.4, 0.5) is 0 Å². The van der Waals surface area contributed by atoms with E-state index in [2.05, 4.69) is 39.0 Å². The van der Waals surface area contributed by atoms with Gasteiger partial charge in [0.1, 0.15) is 13.2 Å². The van der Waals surface area contributed by atoms with Crippen LogP contribution in [-0.2, 0) is 28.6 Å². The average Bonchev–Trinajstić information content (AvgIpc) is 3.00. The van der Waals surface area contributed by atoms with Gasteiger partial charge in [0, 0.05) is 19.3 Å². The lowest BCUT2D eigenvalue weighted by Gasteiger charge is -2.18. The molecular formula is C37H64O6. The number of hydrogen-bond acceptors (Lipinski definition) is 6. The minimum atomic E-state index is -0.814. The Bertz CT molecular complexity index is 754. The number of unbranched alkanes of at least 4 members (excludes halogenated alkanes) is 13. The van der Waals surface area contributed by atoms with Crippen LogP contribution in [0.3, 0.4) is 0 Å². The van der Waals surface area contributed by atoms with Gasteiger partial charge in [-0.2, -0.15) is 0 Å². The van der Waals surface area contributed by atoms with E-state index in [4.69, 9.17) is 14.2 Å². The van der Waals surface area contributed by atoms with Crippen molar-refractivity contribution in [3.05, 3.63) is 36.5 Å². The molecule has 0 bridgehead atoms. The second-order valence-corrected chi connectivity index (χ2v) is 11.4. The fourth-order valence-electron chi connectivity index (χ4n) is 4.44. The summed E-state index contributed by atoms with van der Waals surface area (Å²) >= 11 is 0. The molecule has 0 fully saturated rings. The van der Waals surface area contributed by atoms with Gasteiger partial charge in [0.2, 0.25) is 0 Å². The second-order valence-electron chi connectivity index (χ2n) is 11.4. The molecular weight excluding hydrogens is 540 g/mol. The molecule has 43 heavy (non-hydrogen) atoms. The van der Waals surface area contributed by atoms with Crippen molar-refractivity contribution < 1.29 is 28.6 Å².